The molecule has 0 bridgehead atoms. The van der Waals surface area contributed by atoms with E-state index in [-0.39, 0.29) is 16.7 Å². The second-order valence-electron chi connectivity index (χ2n) is 6.95. The van der Waals surface area contributed by atoms with Crippen LogP contribution in [0.25, 0.3) is 10.9 Å². The Morgan fingerprint density at radius 1 is 1.43 bits per heavy atom. The van der Waals surface area contributed by atoms with Crippen LogP contribution in [0, 0.1) is 0 Å². The topological polar surface area (TPSA) is 59.6 Å². The number of carbonyl (C=O) groups is 1. The molecule has 1 atom stereocenters. The molecule has 1 aliphatic heterocycles. The van der Waals surface area contributed by atoms with Crippen molar-refractivity contribution in [3.8, 4) is 0 Å². The van der Waals surface area contributed by atoms with Gasteiger partial charge in [-0.15, -0.1) is 6.58 Å². The van der Waals surface area contributed by atoms with Crippen molar-refractivity contribution in [3.05, 3.63) is 46.2 Å². The fourth-order valence-electron chi connectivity index (χ4n) is 3.42. The van der Waals surface area contributed by atoms with Crippen molar-refractivity contribution in [2.24, 2.45) is 0 Å². The number of nitrogens with one attached hydrogen (secondary N) is 1. The molecule has 0 aliphatic carbocycles. The highest BCUT2D eigenvalue weighted by molar-refractivity contribution is 8.00. The van der Waals surface area contributed by atoms with Crippen LogP contribution in [0.4, 0.5) is 0 Å². The van der Waals surface area contributed by atoms with E-state index in [0.29, 0.717) is 27.6 Å². The molecule has 1 aliphatic rings. The van der Waals surface area contributed by atoms with Gasteiger partial charge < -0.3 is 9.80 Å². The molecule has 1 aromatic carbocycles. The van der Waals surface area contributed by atoms with Crippen LogP contribution >= 0.6 is 23.4 Å². The maximum atomic E-state index is 12.9. The summed E-state index contributed by atoms with van der Waals surface area (Å²) in [6.07, 6.45) is 1.66. The summed E-state index contributed by atoms with van der Waals surface area (Å²) in [4.78, 5) is 33.9. The molecule has 0 spiro atoms. The molecule has 2 heterocycles. The molecule has 0 saturated carbocycles. The summed E-state index contributed by atoms with van der Waals surface area (Å²) in [5.41, 5.74) is 0.409. The van der Waals surface area contributed by atoms with Gasteiger partial charge >= 0.3 is 0 Å². The van der Waals surface area contributed by atoms with Gasteiger partial charge in [-0.1, -0.05) is 29.4 Å². The van der Waals surface area contributed by atoms with E-state index < -0.39 is 0 Å². The van der Waals surface area contributed by atoms with Gasteiger partial charge in [-0.25, -0.2) is 4.98 Å². The number of halogens is 1. The number of thioether (sulfide) groups is 1. The number of nitrogens with zero attached hydrogens (tertiary/aromatic N) is 3. The van der Waals surface area contributed by atoms with Gasteiger partial charge in [0.05, 0.1) is 48.9 Å². The van der Waals surface area contributed by atoms with Crippen LogP contribution in [-0.4, -0.2) is 58.3 Å². The monoisotopic (exact) mass is 421 g/mol. The van der Waals surface area contributed by atoms with Crippen LogP contribution in [-0.2, 0) is 11.3 Å². The molecule has 28 heavy (non-hydrogen) atoms. The summed E-state index contributed by atoms with van der Waals surface area (Å²) >= 11 is 7.36. The van der Waals surface area contributed by atoms with Crippen LogP contribution in [0.5, 0.6) is 0 Å². The minimum atomic E-state index is -0.323. The Hall–Kier alpha value is -1.83. The highest BCUT2D eigenvalue weighted by atomic mass is 35.5. The van der Waals surface area contributed by atoms with Gasteiger partial charge in [0.1, 0.15) is 0 Å². The molecule has 1 aromatic heterocycles. The molecule has 2 aromatic rings. The van der Waals surface area contributed by atoms with Gasteiger partial charge in [0.25, 0.3) is 5.56 Å². The quantitative estimate of drug-likeness (QED) is 0.436. The molecule has 1 saturated heterocycles. The molecule has 6 nitrogen and oxygen atoms in total. The zero-order valence-electron chi connectivity index (χ0n) is 16.3. The first-order chi connectivity index (χ1) is 13.4. The number of benzene rings is 1. The summed E-state index contributed by atoms with van der Waals surface area (Å²) in [6, 6.07) is 5.08. The average Bonchev–Trinajstić information content (AvgIpc) is 2.71. The zero-order valence-corrected chi connectivity index (χ0v) is 17.9. The smallest absolute Gasteiger partial charge is 0.262 e. The first-order valence-corrected chi connectivity index (χ1v) is 10.8. The molecule has 8 heteroatoms. The number of fused-ring (bicyclic) bond motifs is 1. The van der Waals surface area contributed by atoms with E-state index in [2.05, 4.69) is 18.5 Å². The third-order valence-electron chi connectivity index (χ3n) is 5.11. The van der Waals surface area contributed by atoms with E-state index in [4.69, 9.17) is 11.6 Å². The number of likely N-dealkylation sites (N-methyl/N-ethyl adjacent to an activating group) is 1. The largest absolute Gasteiger partial charge is 0.332 e. The Kier molecular flexibility index (Phi) is 6.80. The van der Waals surface area contributed by atoms with Gasteiger partial charge in [0, 0.05) is 11.6 Å². The number of piperazine rings is 1. The Labute approximate surface area is 174 Å². The molecule has 150 valence electrons. The van der Waals surface area contributed by atoms with E-state index in [1.54, 1.807) is 28.8 Å². The first kappa shape index (κ1) is 20.9. The highest BCUT2D eigenvalue weighted by Gasteiger charge is 2.28. The number of hydrogen-bond donors (Lipinski definition) is 1. The van der Waals surface area contributed by atoms with Crippen LogP contribution in [0.3, 0.4) is 0 Å². The van der Waals surface area contributed by atoms with E-state index in [1.807, 2.05) is 11.8 Å². The maximum absolute atomic E-state index is 12.9. The van der Waals surface area contributed by atoms with E-state index in [9.17, 15) is 9.59 Å². The third kappa shape index (κ3) is 4.42. The van der Waals surface area contributed by atoms with E-state index >= 15 is 0 Å². The lowest BCUT2D eigenvalue weighted by molar-refractivity contribution is -0.902. The normalized spacial score (nSPS) is 16.3. The highest BCUT2D eigenvalue weighted by Crippen LogP contribution is 2.25. The van der Waals surface area contributed by atoms with Crippen LogP contribution in [0.1, 0.15) is 13.8 Å². The van der Waals surface area contributed by atoms with Crippen molar-refractivity contribution < 1.29 is 9.69 Å². The van der Waals surface area contributed by atoms with Gasteiger partial charge in [-0.3, -0.25) is 14.2 Å². The molecule has 3 rings (SSSR count). The van der Waals surface area contributed by atoms with Crippen molar-refractivity contribution in [1.82, 2.24) is 14.5 Å². The summed E-state index contributed by atoms with van der Waals surface area (Å²) in [6.45, 7) is 12.7. The average molecular weight is 422 g/mol. The second-order valence-corrected chi connectivity index (χ2v) is 8.69. The predicted molar refractivity (Wildman–Crippen MR) is 114 cm³/mol. The lowest BCUT2D eigenvalue weighted by atomic mass is 10.2. The molecular weight excluding hydrogens is 396 g/mol. The Bertz CT molecular complexity index is 938. The first-order valence-electron chi connectivity index (χ1n) is 9.54. The lowest BCUT2D eigenvalue weighted by Gasteiger charge is -2.33. The van der Waals surface area contributed by atoms with Crippen LogP contribution < -0.4 is 10.5 Å². The third-order valence-corrected chi connectivity index (χ3v) is 6.42. The van der Waals surface area contributed by atoms with Gasteiger partial charge in [-0.05, 0) is 32.0 Å². The Morgan fingerprint density at radius 2 is 2.14 bits per heavy atom. The van der Waals surface area contributed by atoms with Crippen LogP contribution in [0.15, 0.2) is 40.8 Å². The fraction of sp³-hybridized carbons (Fsp3) is 0.450. The van der Waals surface area contributed by atoms with Crippen molar-refractivity contribution in [2.75, 3.05) is 32.7 Å². The number of hydrogen-bond acceptors (Lipinski definition) is 4. The van der Waals surface area contributed by atoms with Gasteiger partial charge in [-0.2, -0.15) is 0 Å². The van der Waals surface area contributed by atoms with Crippen molar-refractivity contribution in [3.63, 3.8) is 0 Å². The number of amides is 1. The molecule has 1 fully saturated rings. The summed E-state index contributed by atoms with van der Waals surface area (Å²) in [7, 11) is 0. The minimum absolute atomic E-state index is 0.0933. The second kappa shape index (κ2) is 9.11. The zero-order chi connectivity index (χ0) is 20.3. The summed E-state index contributed by atoms with van der Waals surface area (Å²) in [5.74, 6) is 0.0933. The number of carbonyl (C=O) groups excluding carboxylic acids is 1. The molecule has 0 unspecified atom stereocenters. The summed E-state index contributed by atoms with van der Waals surface area (Å²) in [5, 5.41) is 1.17. The lowest BCUT2D eigenvalue weighted by Crippen LogP contribution is -3.14. The van der Waals surface area contributed by atoms with Crippen molar-refractivity contribution in [2.45, 2.75) is 30.8 Å². The van der Waals surface area contributed by atoms with Gasteiger partial charge in [0.2, 0.25) is 5.91 Å². The number of rotatable bonds is 6. The predicted octanol–water partition coefficient (Wildman–Crippen LogP) is 1.46. The van der Waals surface area contributed by atoms with E-state index in [0.717, 1.165) is 32.7 Å². The molecular formula is C20H26ClN4O2S+. The number of aromatic nitrogens is 2. The number of allylic oxidation sites excluding steroid dienone is 1. The van der Waals surface area contributed by atoms with Crippen molar-refractivity contribution >= 4 is 40.2 Å². The SMILES string of the molecule is C=CCn1c(S[C@H](C)C(=O)N2CC[NH+](CC)CC2)nc2ccc(Cl)cc2c1=O. The van der Waals surface area contributed by atoms with Gasteiger partial charge in [0.15, 0.2) is 5.16 Å². The Morgan fingerprint density at radius 3 is 2.79 bits per heavy atom. The Balaban J connectivity index is 1.85. The minimum Gasteiger partial charge on any atom is -0.332 e. The fourth-order valence-corrected chi connectivity index (χ4v) is 4.59. The maximum Gasteiger partial charge on any atom is 0.262 e. The van der Waals surface area contributed by atoms with Crippen LogP contribution in [0.2, 0.25) is 5.02 Å². The molecule has 0 radical (unpaired) electrons. The van der Waals surface area contributed by atoms with Crippen molar-refractivity contribution in [1.29, 1.82) is 0 Å². The number of quaternary nitrogens is 1. The standard InChI is InChI=1S/C20H25ClN4O2S/c1-4-8-25-19(27)16-13-15(21)6-7-17(16)22-20(25)28-14(3)18(26)24-11-9-23(5-2)10-12-24/h4,6-7,13-14H,1,5,8-12H2,2-3H3/p+1/t14-/m1/s1. The molecule has 1 N–H and O–H groups in total. The van der Waals surface area contributed by atoms with E-state index in [1.165, 1.54) is 16.7 Å². The summed E-state index contributed by atoms with van der Waals surface area (Å²) < 4.78 is 1.55. The molecule has 1 amide bonds.